The van der Waals surface area contributed by atoms with Gasteiger partial charge in [-0.25, -0.2) is 0 Å². The van der Waals surface area contributed by atoms with Crippen molar-refractivity contribution < 1.29 is 4.79 Å². The smallest absolute Gasteiger partial charge is 0.224 e. The average molecular weight is 309 g/mol. The van der Waals surface area contributed by atoms with Gasteiger partial charge < -0.3 is 15.5 Å². The van der Waals surface area contributed by atoms with Crippen LogP contribution in [-0.4, -0.2) is 26.0 Å². The zero-order valence-corrected chi connectivity index (χ0v) is 13.5. The monoisotopic (exact) mass is 309 g/mol. The molecule has 0 unspecified atom stereocenters. The molecule has 0 saturated heterocycles. The van der Waals surface area contributed by atoms with Gasteiger partial charge in [0, 0.05) is 18.7 Å². The molecule has 23 heavy (non-hydrogen) atoms. The van der Waals surface area contributed by atoms with Gasteiger partial charge in [-0.3, -0.25) is 4.79 Å². The summed E-state index contributed by atoms with van der Waals surface area (Å²) >= 11 is 0. The van der Waals surface area contributed by atoms with E-state index in [-0.39, 0.29) is 5.91 Å². The fourth-order valence-corrected chi connectivity index (χ4v) is 3.04. The zero-order valence-electron chi connectivity index (χ0n) is 13.5. The highest BCUT2D eigenvalue weighted by Gasteiger charge is 2.22. The van der Waals surface area contributed by atoms with Crippen LogP contribution in [0.5, 0.6) is 0 Å². The molecule has 0 atom stereocenters. The van der Waals surface area contributed by atoms with Crippen molar-refractivity contribution in [2.75, 3.05) is 30.4 Å². The van der Waals surface area contributed by atoms with Crippen molar-refractivity contribution in [1.29, 1.82) is 0 Å². The van der Waals surface area contributed by atoms with Crippen LogP contribution in [-0.2, 0) is 11.2 Å². The summed E-state index contributed by atoms with van der Waals surface area (Å²) in [5, 5.41) is 6.13. The number of nitrogens with zero attached hydrogens (tertiary/aromatic N) is 1. The molecule has 3 rings (SSSR count). The van der Waals surface area contributed by atoms with E-state index in [0.717, 1.165) is 37.3 Å². The Kier molecular flexibility index (Phi) is 4.93. The number of nitrogens with one attached hydrogen (secondary N) is 2. The molecular formula is C19H23N3O. The zero-order chi connectivity index (χ0) is 16.1. The van der Waals surface area contributed by atoms with E-state index in [4.69, 9.17) is 0 Å². The number of carbonyl (C=O) groups is 1. The van der Waals surface area contributed by atoms with E-state index in [1.807, 2.05) is 25.2 Å². The third kappa shape index (κ3) is 3.54. The van der Waals surface area contributed by atoms with Crippen LogP contribution in [0.15, 0.2) is 48.5 Å². The largest absolute Gasteiger partial charge is 0.339 e. The lowest BCUT2D eigenvalue weighted by atomic mass is 10.1. The van der Waals surface area contributed by atoms with E-state index in [0.29, 0.717) is 6.42 Å². The number of anilines is 3. The average Bonchev–Trinajstić information content (AvgIpc) is 2.99. The Bertz CT molecular complexity index is 684. The van der Waals surface area contributed by atoms with Crippen LogP contribution in [0.3, 0.4) is 0 Å². The molecule has 4 heteroatoms. The van der Waals surface area contributed by atoms with Gasteiger partial charge in [0.1, 0.15) is 0 Å². The van der Waals surface area contributed by atoms with Crippen LogP contribution >= 0.6 is 0 Å². The van der Waals surface area contributed by atoms with Gasteiger partial charge >= 0.3 is 0 Å². The molecule has 1 aliphatic heterocycles. The second-order valence-electron chi connectivity index (χ2n) is 5.80. The van der Waals surface area contributed by atoms with E-state index >= 15 is 0 Å². The van der Waals surface area contributed by atoms with Gasteiger partial charge in [-0.15, -0.1) is 0 Å². The Hall–Kier alpha value is -2.33. The molecule has 1 amide bonds. The molecule has 0 aromatic heterocycles. The van der Waals surface area contributed by atoms with Gasteiger partial charge in [0.25, 0.3) is 0 Å². The summed E-state index contributed by atoms with van der Waals surface area (Å²) in [5.41, 5.74) is 4.56. The molecule has 0 radical (unpaired) electrons. The highest BCUT2D eigenvalue weighted by Crippen LogP contribution is 2.38. The van der Waals surface area contributed by atoms with Crippen LogP contribution < -0.4 is 15.5 Å². The number of rotatable bonds is 6. The van der Waals surface area contributed by atoms with E-state index in [2.05, 4.69) is 45.9 Å². The van der Waals surface area contributed by atoms with Gasteiger partial charge in [-0.05, 0) is 50.2 Å². The molecule has 120 valence electrons. The minimum absolute atomic E-state index is 0.0696. The maximum absolute atomic E-state index is 12.1. The normalized spacial score (nSPS) is 13.0. The lowest BCUT2D eigenvalue weighted by molar-refractivity contribution is -0.116. The van der Waals surface area contributed by atoms with Crippen LogP contribution in [0.1, 0.15) is 18.4 Å². The molecular weight excluding hydrogens is 286 g/mol. The Morgan fingerprint density at radius 3 is 2.65 bits per heavy atom. The van der Waals surface area contributed by atoms with Crippen molar-refractivity contribution in [3.8, 4) is 0 Å². The Balaban J connectivity index is 1.78. The van der Waals surface area contributed by atoms with Crippen molar-refractivity contribution in [1.82, 2.24) is 5.32 Å². The topological polar surface area (TPSA) is 44.4 Å². The second kappa shape index (κ2) is 7.29. The fourth-order valence-electron chi connectivity index (χ4n) is 3.04. The van der Waals surface area contributed by atoms with Crippen molar-refractivity contribution >= 4 is 23.0 Å². The third-order valence-electron chi connectivity index (χ3n) is 4.19. The van der Waals surface area contributed by atoms with Crippen LogP contribution in [0.4, 0.5) is 17.1 Å². The summed E-state index contributed by atoms with van der Waals surface area (Å²) in [6.45, 7) is 1.81. The summed E-state index contributed by atoms with van der Waals surface area (Å²) < 4.78 is 0. The molecule has 0 saturated carbocycles. The predicted octanol–water partition coefficient (Wildman–Crippen LogP) is 3.32. The summed E-state index contributed by atoms with van der Waals surface area (Å²) in [7, 11) is 1.90. The predicted molar refractivity (Wildman–Crippen MR) is 95.4 cm³/mol. The fraction of sp³-hybridized carbons (Fsp3) is 0.316. The highest BCUT2D eigenvalue weighted by atomic mass is 16.1. The number of fused-ring (bicyclic) bond motifs is 1. The van der Waals surface area contributed by atoms with Gasteiger partial charge in [-0.1, -0.05) is 30.3 Å². The summed E-state index contributed by atoms with van der Waals surface area (Å²) in [6.07, 6.45) is 2.42. The van der Waals surface area contributed by atoms with Gasteiger partial charge in [0.15, 0.2) is 0 Å². The first-order valence-electron chi connectivity index (χ1n) is 8.18. The molecule has 0 aliphatic carbocycles. The summed E-state index contributed by atoms with van der Waals surface area (Å²) in [4.78, 5) is 14.4. The van der Waals surface area contributed by atoms with Crippen LogP contribution in [0.2, 0.25) is 0 Å². The first kappa shape index (κ1) is 15.6. The van der Waals surface area contributed by atoms with E-state index in [1.54, 1.807) is 0 Å². The van der Waals surface area contributed by atoms with Crippen molar-refractivity contribution in [2.24, 2.45) is 0 Å². The maximum atomic E-state index is 12.1. The first-order valence-corrected chi connectivity index (χ1v) is 8.18. The van der Waals surface area contributed by atoms with Crippen LogP contribution in [0, 0.1) is 0 Å². The molecule has 4 nitrogen and oxygen atoms in total. The molecule has 0 spiro atoms. The molecule has 2 N–H and O–H groups in total. The van der Waals surface area contributed by atoms with Crippen molar-refractivity contribution in [3.05, 3.63) is 54.1 Å². The first-order chi connectivity index (χ1) is 11.3. The standard InChI is InChI=1S/C19H23N3O/c1-20-13-6-11-19(23)21-16-8-3-5-10-18(16)22-14-12-15-7-2-4-9-17(15)22/h2-5,7-10,20H,6,11-14H2,1H3,(H,21,23). The molecule has 2 aromatic carbocycles. The molecule has 0 bridgehead atoms. The number of benzene rings is 2. The molecule has 1 heterocycles. The summed E-state index contributed by atoms with van der Waals surface area (Å²) in [6, 6.07) is 16.5. The molecule has 2 aromatic rings. The van der Waals surface area contributed by atoms with Gasteiger partial charge in [0.2, 0.25) is 5.91 Å². The Morgan fingerprint density at radius 2 is 1.83 bits per heavy atom. The van der Waals surface area contributed by atoms with Crippen molar-refractivity contribution in [3.63, 3.8) is 0 Å². The SMILES string of the molecule is CNCCCC(=O)Nc1ccccc1N1CCc2ccccc21. The minimum Gasteiger partial charge on any atom is -0.339 e. The van der Waals surface area contributed by atoms with Gasteiger partial charge in [-0.2, -0.15) is 0 Å². The number of hydrogen-bond acceptors (Lipinski definition) is 3. The lowest BCUT2D eigenvalue weighted by Gasteiger charge is -2.23. The number of hydrogen-bond donors (Lipinski definition) is 2. The third-order valence-corrected chi connectivity index (χ3v) is 4.19. The van der Waals surface area contributed by atoms with E-state index in [1.165, 1.54) is 11.3 Å². The minimum atomic E-state index is 0.0696. The van der Waals surface area contributed by atoms with Crippen molar-refractivity contribution in [2.45, 2.75) is 19.3 Å². The lowest BCUT2D eigenvalue weighted by Crippen LogP contribution is -2.19. The number of amides is 1. The highest BCUT2D eigenvalue weighted by molar-refractivity contribution is 5.95. The maximum Gasteiger partial charge on any atom is 0.224 e. The number of para-hydroxylation sites is 3. The number of carbonyl (C=O) groups excluding carboxylic acids is 1. The van der Waals surface area contributed by atoms with E-state index in [9.17, 15) is 4.79 Å². The Morgan fingerprint density at radius 1 is 1.09 bits per heavy atom. The van der Waals surface area contributed by atoms with Gasteiger partial charge in [0.05, 0.1) is 11.4 Å². The summed E-state index contributed by atoms with van der Waals surface area (Å²) in [5.74, 6) is 0.0696. The molecule has 0 fully saturated rings. The van der Waals surface area contributed by atoms with E-state index < -0.39 is 0 Å². The Labute approximate surface area is 137 Å². The van der Waals surface area contributed by atoms with Crippen LogP contribution in [0.25, 0.3) is 0 Å². The molecule has 1 aliphatic rings. The second-order valence-corrected chi connectivity index (χ2v) is 5.80. The quantitative estimate of drug-likeness (QED) is 0.805.